The van der Waals surface area contributed by atoms with Crippen LogP contribution in [0.1, 0.15) is 11.1 Å². The minimum atomic E-state index is -0.626. The van der Waals surface area contributed by atoms with Crippen LogP contribution in [0.3, 0.4) is 0 Å². The Bertz CT molecular complexity index is 882. The molecule has 0 saturated carbocycles. The van der Waals surface area contributed by atoms with Crippen molar-refractivity contribution >= 4 is 5.82 Å². The molecule has 4 rings (SSSR count). The Kier molecular flexibility index (Phi) is 3.15. The first-order valence-electron chi connectivity index (χ1n) is 7.52. The van der Waals surface area contributed by atoms with E-state index >= 15 is 0 Å². The number of nitrogens with zero attached hydrogens (tertiary/aromatic N) is 2. The van der Waals surface area contributed by atoms with Gasteiger partial charge in [-0.2, -0.15) is 5.10 Å². The van der Waals surface area contributed by atoms with Gasteiger partial charge >= 0.3 is 0 Å². The van der Waals surface area contributed by atoms with Crippen LogP contribution < -0.4 is 5.32 Å². The first kappa shape index (κ1) is 13.9. The summed E-state index contributed by atoms with van der Waals surface area (Å²) in [6, 6.07) is 11.6. The molecule has 1 aromatic heterocycles. The van der Waals surface area contributed by atoms with Crippen LogP contribution in [0.25, 0.3) is 16.9 Å². The van der Waals surface area contributed by atoms with Crippen LogP contribution in [0.2, 0.25) is 0 Å². The van der Waals surface area contributed by atoms with E-state index in [1.54, 1.807) is 0 Å². The van der Waals surface area contributed by atoms with Gasteiger partial charge in [-0.25, -0.2) is 13.5 Å². The van der Waals surface area contributed by atoms with Crippen LogP contribution >= 0.6 is 0 Å². The number of anilines is 1. The highest BCUT2D eigenvalue weighted by atomic mass is 19.1. The fourth-order valence-corrected chi connectivity index (χ4v) is 2.95. The topological polar surface area (TPSA) is 29.9 Å². The third-order valence-corrected chi connectivity index (χ3v) is 4.11. The third kappa shape index (κ3) is 2.29. The molecule has 1 N–H and O–H groups in total. The minimum Gasteiger partial charge on any atom is -0.369 e. The molecule has 3 aromatic rings. The SMILES string of the molecule is Cc1ccc(-c2nn(-c3ccc(F)cc3F)c3c2CCN3)cc1. The maximum atomic E-state index is 14.1. The Labute approximate surface area is 132 Å². The number of hydrogen-bond acceptors (Lipinski definition) is 2. The second-order valence-corrected chi connectivity index (χ2v) is 5.73. The lowest BCUT2D eigenvalue weighted by Crippen LogP contribution is -2.06. The van der Waals surface area contributed by atoms with Crippen molar-refractivity contribution in [1.82, 2.24) is 9.78 Å². The Morgan fingerprint density at radius 3 is 2.61 bits per heavy atom. The molecular formula is C18H15F2N3. The van der Waals surface area contributed by atoms with Crippen LogP contribution in [0.15, 0.2) is 42.5 Å². The number of aryl methyl sites for hydroxylation is 1. The van der Waals surface area contributed by atoms with E-state index < -0.39 is 11.6 Å². The Morgan fingerprint density at radius 2 is 1.87 bits per heavy atom. The molecule has 3 nitrogen and oxygen atoms in total. The van der Waals surface area contributed by atoms with E-state index in [0.29, 0.717) is 0 Å². The van der Waals surface area contributed by atoms with Crippen molar-refractivity contribution in [2.45, 2.75) is 13.3 Å². The third-order valence-electron chi connectivity index (χ3n) is 4.11. The molecule has 0 fully saturated rings. The molecule has 0 unspecified atom stereocenters. The summed E-state index contributed by atoms with van der Waals surface area (Å²) in [5.41, 5.74) is 4.33. The summed E-state index contributed by atoms with van der Waals surface area (Å²) in [4.78, 5) is 0. The molecule has 1 aliphatic rings. The predicted octanol–water partition coefficient (Wildman–Crippen LogP) is 4.09. The van der Waals surface area contributed by atoms with Crippen LogP contribution in [-0.4, -0.2) is 16.3 Å². The molecule has 0 atom stereocenters. The van der Waals surface area contributed by atoms with Gasteiger partial charge in [0, 0.05) is 23.7 Å². The van der Waals surface area contributed by atoms with Gasteiger partial charge < -0.3 is 5.32 Å². The highest BCUT2D eigenvalue weighted by Gasteiger charge is 2.25. The van der Waals surface area contributed by atoms with Gasteiger partial charge in [-0.05, 0) is 25.5 Å². The second-order valence-electron chi connectivity index (χ2n) is 5.73. The highest BCUT2D eigenvalue weighted by molar-refractivity contribution is 5.73. The van der Waals surface area contributed by atoms with E-state index in [9.17, 15) is 8.78 Å². The number of nitrogens with one attached hydrogen (secondary N) is 1. The van der Waals surface area contributed by atoms with Crippen LogP contribution in [0, 0.1) is 18.6 Å². The quantitative estimate of drug-likeness (QED) is 0.772. The zero-order chi connectivity index (χ0) is 16.0. The molecule has 0 bridgehead atoms. The number of hydrogen-bond donors (Lipinski definition) is 1. The van der Waals surface area contributed by atoms with Crippen molar-refractivity contribution in [2.75, 3.05) is 11.9 Å². The number of rotatable bonds is 2. The van der Waals surface area contributed by atoms with Crippen molar-refractivity contribution in [1.29, 1.82) is 0 Å². The lowest BCUT2D eigenvalue weighted by atomic mass is 10.1. The van der Waals surface area contributed by atoms with Gasteiger partial charge in [0.15, 0.2) is 5.82 Å². The van der Waals surface area contributed by atoms with Crippen molar-refractivity contribution < 1.29 is 8.78 Å². The molecule has 1 aliphatic heterocycles. The second kappa shape index (κ2) is 5.19. The summed E-state index contributed by atoms with van der Waals surface area (Å²) in [5, 5.41) is 7.83. The zero-order valence-corrected chi connectivity index (χ0v) is 12.6. The van der Waals surface area contributed by atoms with E-state index in [-0.39, 0.29) is 5.69 Å². The fourth-order valence-electron chi connectivity index (χ4n) is 2.95. The average Bonchev–Trinajstić information content (AvgIpc) is 3.11. The van der Waals surface area contributed by atoms with Gasteiger partial charge in [0.25, 0.3) is 0 Å². The van der Waals surface area contributed by atoms with Gasteiger partial charge in [-0.3, -0.25) is 0 Å². The predicted molar refractivity (Wildman–Crippen MR) is 85.8 cm³/mol. The number of halogens is 2. The average molecular weight is 311 g/mol. The molecule has 2 aromatic carbocycles. The Morgan fingerprint density at radius 1 is 1.09 bits per heavy atom. The van der Waals surface area contributed by atoms with Crippen molar-refractivity contribution in [2.24, 2.45) is 0 Å². The summed E-state index contributed by atoms with van der Waals surface area (Å²) < 4.78 is 28.8. The molecule has 0 saturated heterocycles. The van der Waals surface area contributed by atoms with Gasteiger partial charge in [0.2, 0.25) is 0 Å². The standard InChI is InChI=1S/C18H15F2N3/c1-11-2-4-12(5-3-11)17-14-8-9-21-18(14)23(22-17)16-7-6-13(19)10-15(16)20/h2-7,10,21H,8-9H2,1H3. The molecule has 23 heavy (non-hydrogen) atoms. The van der Waals surface area contributed by atoms with Crippen LogP contribution in [-0.2, 0) is 6.42 Å². The highest BCUT2D eigenvalue weighted by Crippen LogP contribution is 2.35. The largest absolute Gasteiger partial charge is 0.369 e. The molecule has 2 heterocycles. The van der Waals surface area contributed by atoms with E-state index in [0.717, 1.165) is 41.7 Å². The number of aromatic nitrogens is 2. The lowest BCUT2D eigenvalue weighted by molar-refractivity contribution is 0.574. The molecule has 5 heteroatoms. The molecular weight excluding hydrogens is 296 g/mol. The van der Waals surface area contributed by atoms with Crippen molar-refractivity contribution in [3.63, 3.8) is 0 Å². The van der Waals surface area contributed by atoms with Gasteiger partial charge in [0.05, 0.1) is 5.69 Å². The normalized spacial score (nSPS) is 13.0. The molecule has 0 spiro atoms. The van der Waals surface area contributed by atoms with Crippen LogP contribution in [0.4, 0.5) is 14.6 Å². The zero-order valence-electron chi connectivity index (χ0n) is 12.6. The van der Waals surface area contributed by atoms with Crippen LogP contribution in [0.5, 0.6) is 0 Å². The minimum absolute atomic E-state index is 0.246. The fraction of sp³-hybridized carbons (Fsp3) is 0.167. The van der Waals surface area contributed by atoms with E-state index in [2.05, 4.69) is 10.4 Å². The first-order valence-corrected chi connectivity index (χ1v) is 7.52. The van der Waals surface area contributed by atoms with Crippen molar-refractivity contribution in [3.05, 3.63) is 65.2 Å². The van der Waals surface area contributed by atoms with E-state index in [1.807, 2.05) is 31.2 Å². The monoisotopic (exact) mass is 311 g/mol. The Hall–Kier alpha value is -2.69. The molecule has 116 valence electrons. The smallest absolute Gasteiger partial charge is 0.151 e. The van der Waals surface area contributed by atoms with E-state index in [1.165, 1.54) is 22.4 Å². The maximum Gasteiger partial charge on any atom is 0.151 e. The number of benzene rings is 2. The Balaban J connectivity index is 1.89. The summed E-state index contributed by atoms with van der Waals surface area (Å²) in [6.45, 7) is 2.82. The maximum absolute atomic E-state index is 14.1. The lowest BCUT2D eigenvalue weighted by Gasteiger charge is -2.07. The summed E-state index contributed by atoms with van der Waals surface area (Å²) >= 11 is 0. The summed E-state index contributed by atoms with van der Waals surface area (Å²) in [7, 11) is 0. The van der Waals surface area contributed by atoms with Gasteiger partial charge in [-0.1, -0.05) is 29.8 Å². The number of fused-ring (bicyclic) bond motifs is 1. The summed E-state index contributed by atoms with van der Waals surface area (Å²) in [5.74, 6) is -0.438. The van der Waals surface area contributed by atoms with Crippen molar-refractivity contribution in [3.8, 4) is 16.9 Å². The van der Waals surface area contributed by atoms with Gasteiger partial charge in [0.1, 0.15) is 17.3 Å². The van der Waals surface area contributed by atoms with Gasteiger partial charge in [-0.15, -0.1) is 0 Å². The molecule has 0 radical (unpaired) electrons. The summed E-state index contributed by atoms with van der Waals surface area (Å²) in [6.07, 6.45) is 0.835. The van der Waals surface area contributed by atoms with E-state index in [4.69, 9.17) is 0 Å². The first-order chi connectivity index (χ1) is 11.1. The molecule has 0 aliphatic carbocycles. The molecule has 0 amide bonds.